The van der Waals surface area contributed by atoms with Crippen LogP contribution in [0.1, 0.15) is 5.56 Å². The van der Waals surface area contributed by atoms with Gasteiger partial charge in [-0.15, -0.1) is 0 Å². The van der Waals surface area contributed by atoms with Gasteiger partial charge < -0.3 is 0 Å². The lowest BCUT2D eigenvalue weighted by Crippen LogP contribution is -1.85. The topological polar surface area (TPSA) is 38.7 Å². The summed E-state index contributed by atoms with van der Waals surface area (Å²) in [6, 6.07) is 3.86. The van der Waals surface area contributed by atoms with Gasteiger partial charge in [0, 0.05) is 6.20 Å². The van der Waals surface area contributed by atoms with E-state index in [4.69, 9.17) is 11.6 Å². The molecule has 0 saturated carbocycles. The second kappa shape index (κ2) is 3.40. The fraction of sp³-hybridized carbons (Fsp3) is 0.125. The molecule has 5 heteroatoms. The summed E-state index contributed by atoms with van der Waals surface area (Å²) in [4.78, 5) is 8.18. The number of hydrogen-bond acceptors (Lipinski definition) is 4. The van der Waals surface area contributed by atoms with Crippen molar-refractivity contribution >= 4 is 23.1 Å². The van der Waals surface area contributed by atoms with Crippen molar-refractivity contribution in [1.29, 1.82) is 0 Å². The molecular formula is C8H6ClN3S. The number of hydrogen-bond donors (Lipinski definition) is 0. The van der Waals surface area contributed by atoms with Crippen molar-refractivity contribution in [2.45, 2.75) is 6.92 Å². The summed E-state index contributed by atoms with van der Waals surface area (Å²) < 4.78 is 4.51. The predicted octanol–water partition coefficient (Wildman–Crippen LogP) is 2.56. The van der Waals surface area contributed by atoms with Crippen LogP contribution in [0.3, 0.4) is 0 Å². The largest absolute Gasteiger partial charge is 0.253 e. The Morgan fingerprint density at radius 2 is 2.31 bits per heavy atom. The Kier molecular flexibility index (Phi) is 2.24. The quantitative estimate of drug-likeness (QED) is 0.728. The zero-order valence-electron chi connectivity index (χ0n) is 6.86. The van der Waals surface area contributed by atoms with Crippen LogP contribution in [0, 0.1) is 6.92 Å². The lowest BCUT2D eigenvalue weighted by atomic mass is 10.2. The van der Waals surface area contributed by atoms with Gasteiger partial charge in [0.1, 0.15) is 5.69 Å². The lowest BCUT2D eigenvalue weighted by Gasteiger charge is -1.94. The molecule has 0 aliphatic rings. The van der Waals surface area contributed by atoms with E-state index in [2.05, 4.69) is 14.3 Å². The Hall–Kier alpha value is -1.00. The van der Waals surface area contributed by atoms with Crippen LogP contribution in [0.15, 0.2) is 18.3 Å². The summed E-state index contributed by atoms with van der Waals surface area (Å²) in [5.41, 5.74) is 1.90. The average Bonchev–Trinajstić information content (AvgIpc) is 2.52. The molecule has 2 rings (SSSR count). The van der Waals surface area contributed by atoms with Crippen LogP contribution in [0.4, 0.5) is 0 Å². The molecule has 0 amide bonds. The molecule has 0 aliphatic carbocycles. The van der Waals surface area contributed by atoms with Crippen molar-refractivity contribution in [1.82, 2.24) is 14.3 Å². The van der Waals surface area contributed by atoms with Gasteiger partial charge in [0.05, 0.1) is 0 Å². The van der Waals surface area contributed by atoms with E-state index in [1.165, 1.54) is 11.5 Å². The SMILES string of the molecule is Cc1ccnc(-c2nsc(Cl)n2)c1. The molecule has 3 nitrogen and oxygen atoms in total. The Bertz CT molecular complexity index is 427. The van der Waals surface area contributed by atoms with Gasteiger partial charge in [-0.05, 0) is 47.8 Å². The molecular weight excluding hydrogens is 206 g/mol. The minimum atomic E-state index is 0.443. The first-order chi connectivity index (χ1) is 6.25. The van der Waals surface area contributed by atoms with Gasteiger partial charge in [0.2, 0.25) is 4.47 Å². The second-order valence-corrected chi connectivity index (χ2v) is 3.92. The number of aromatic nitrogens is 3. The third kappa shape index (κ3) is 1.84. The summed E-state index contributed by atoms with van der Waals surface area (Å²) in [7, 11) is 0. The Balaban J connectivity index is 2.46. The smallest absolute Gasteiger partial charge is 0.203 e. The molecule has 2 heterocycles. The first-order valence-corrected chi connectivity index (χ1v) is 4.83. The Morgan fingerprint density at radius 3 is 2.92 bits per heavy atom. The van der Waals surface area contributed by atoms with Crippen LogP contribution < -0.4 is 0 Å². The average molecular weight is 212 g/mol. The van der Waals surface area contributed by atoms with Gasteiger partial charge >= 0.3 is 0 Å². The van der Waals surface area contributed by atoms with Crippen LogP contribution in [0.2, 0.25) is 4.47 Å². The number of halogens is 1. The minimum absolute atomic E-state index is 0.443. The molecule has 0 spiro atoms. The molecule has 13 heavy (non-hydrogen) atoms. The van der Waals surface area contributed by atoms with Gasteiger partial charge in [-0.2, -0.15) is 4.37 Å². The highest BCUT2D eigenvalue weighted by Gasteiger charge is 2.05. The monoisotopic (exact) mass is 211 g/mol. The van der Waals surface area contributed by atoms with E-state index in [9.17, 15) is 0 Å². The van der Waals surface area contributed by atoms with Crippen molar-refractivity contribution in [2.75, 3.05) is 0 Å². The molecule has 0 atom stereocenters. The van der Waals surface area contributed by atoms with E-state index in [0.717, 1.165) is 11.3 Å². The van der Waals surface area contributed by atoms with Crippen molar-refractivity contribution in [3.8, 4) is 11.5 Å². The highest BCUT2D eigenvalue weighted by atomic mass is 35.5. The molecule has 2 aromatic heterocycles. The summed E-state index contributed by atoms with van der Waals surface area (Å²) in [6.45, 7) is 2.00. The summed E-state index contributed by atoms with van der Waals surface area (Å²) in [5, 5.41) is 0. The van der Waals surface area contributed by atoms with Gasteiger partial charge in [-0.25, -0.2) is 4.98 Å². The Labute approximate surface area is 84.6 Å². The van der Waals surface area contributed by atoms with Crippen LogP contribution in [0.5, 0.6) is 0 Å². The van der Waals surface area contributed by atoms with E-state index in [0.29, 0.717) is 10.3 Å². The predicted molar refractivity (Wildman–Crippen MR) is 52.9 cm³/mol. The molecule has 0 bridgehead atoms. The molecule has 0 aliphatic heterocycles. The number of nitrogens with zero attached hydrogens (tertiary/aromatic N) is 3. The third-order valence-electron chi connectivity index (χ3n) is 1.55. The van der Waals surface area contributed by atoms with Crippen molar-refractivity contribution in [2.24, 2.45) is 0 Å². The third-order valence-corrected chi connectivity index (χ3v) is 2.34. The molecule has 2 aromatic rings. The highest BCUT2D eigenvalue weighted by Crippen LogP contribution is 2.19. The number of rotatable bonds is 1. The van der Waals surface area contributed by atoms with Crippen LogP contribution in [0.25, 0.3) is 11.5 Å². The molecule has 0 unspecified atom stereocenters. The standard InChI is InChI=1S/C8H6ClN3S/c1-5-2-3-10-6(4-5)7-11-8(9)13-12-7/h2-4H,1H3. The molecule has 0 N–H and O–H groups in total. The molecule has 0 saturated heterocycles. The van der Waals surface area contributed by atoms with Crippen molar-refractivity contribution < 1.29 is 0 Å². The summed E-state index contributed by atoms with van der Waals surface area (Å²) in [5.74, 6) is 0.596. The number of aryl methyl sites for hydroxylation is 1. The van der Waals surface area contributed by atoms with E-state index in [1.54, 1.807) is 6.20 Å². The minimum Gasteiger partial charge on any atom is -0.253 e. The van der Waals surface area contributed by atoms with Gasteiger partial charge in [-0.3, -0.25) is 4.98 Å². The van der Waals surface area contributed by atoms with Crippen LogP contribution in [-0.4, -0.2) is 14.3 Å². The first-order valence-electron chi connectivity index (χ1n) is 3.68. The van der Waals surface area contributed by atoms with Crippen LogP contribution in [-0.2, 0) is 0 Å². The second-order valence-electron chi connectivity index (χ2n) is 2.59. The first kappa shape index (κ1) is 8.59. The zero-order valence-corrected chi connectivity index (χ0v) is 8.43. The van der Waals surface area contributed by atoms with Crippen LogP contribution >= 0.6 is 23.1 Å². The van der Waals surface area contributed by atoms with Gasteiger partial charge in [-0.1, -0.05) is 0 Å². The van der Waals surface area contributed by atoms with E-state index < -0.39 is 0 Å². The van der Waals surface area contributed by atoms with Gasteiger partial charge in [0.25, 0.3) is 0 Å². The molecule has 66 valence electrons. The Morgan fingerprint density at radius 1 is 1.46 bits per heavy atom. The van der Waals surface area contributed by atoms with Crippen molar-refractivity contribution in [3.63, 3.8) is 0 Å². The van der Waals surface area contributed by atoms with Crippen molar-refractivity contribution in [3.05, 3.63) is 28.4 Å². The maximum Gasteiger partial charge on any atom is 0.203 e. The summed E-state index contributed by atoms with van der Waals surface area (Å²) in [6.07, 6.45) is 1.74. The van der Waals surface area contributed by atoms with E-state index >= 15 is 0 Å². The normalized spacial score (nSPS) is 10.3. The molecule has 0 radical (unpaired) electrons. The van der Waals surface area contributed by atoms with Gasteiger partial charge in [0.15, 0.2) is 5.82 Å². The lowest BCUT2D eigenvalue weighted by molar-refractivity contribution is 1.22. The molecule has 0 fully saturated rings. The maximum atomic E-state index is 5.67. The van der Waals surface area contributed by atoms with E-state index in [1.807, 2.05) is 19.1 Å². The van der Waals surface area contributed by atoms with E-state index in [-0.39, 0.29) is 0 Å². The fourth-order valence-electron chi connectivity index (χ4n) is 0.967. The fourth-order valence-corrected chi connectivity index (χ4v) is 1.57. The molecule has 0 aromatic carbocycles. The zero-order chi connectivity index (χ0) is 9.26. The maximum absolute atomic E-state index is 5.67. The number of pyridine rings is 1. The highest BCUT2D eigenvalue weighted by molar-refractivity contribution is 7.10. The summed E-state index contributed by atoms with van der Waals surface area (Å²) >= 11 is 6.84.